The van der Waals surface area contributed by atoms with Gasteiger partial charge in [-0.05, 0) is 46.9 Å². The third-order valence-electron chi connectivity index (χ3n) is 3.48. The van der Waals surface area contributed by atoms with E-state index in [1.165, 1.54) is 0 Å². The molecule has 0 saturated carbocycles. The van der Waals surface area contributed by atoms with Gasteiger partial charge in [0.25, 0.3) is 5.91 Å². The van der Waals surface area contributed by atoms with E-state index >= 15 is 0 Å². The number of benzene rings is 1. The van der Waals surface area contributed by atoms with Crippen LogP contribution in [-0.4, -0.2) is 51.4 Å². The lowest BCUT2D eigenvalue weighted by Crippen LogP contribution is -2.36. The van der Waals surface area contributed by atoms with E-state index in [-0.39, 0.29) is 31.5 Å². The summed E-state index contributed by atoms with van der Waals surface area (Å²) in [6.07, 6.45) is 3.52. The lowest BCUT2D eigenvalue weighted by atomic mass is 10.3. The number of hydrogen-bond donors (Lipinski definition) is 2. The predicted octanol–water partition coefficient (Wildman–Crippen LogP) is 1.61. The van der Waals surface area contributed by atoms with Crippen molar-refractivity contribution in [2.24, 2.45) is 0 Å². The molecule has 0 aliphatic heterocycles. The lowest BCUT2D eigenvalue weighted by molar-refractivity contribution is -0.123. The molecule has 10 nitrogen and oxygen atoms in total. The Balaban J connectivity index is 1.34. The molecule has 2 heterocycles. The summed E-state index contributed by atoms with van der Waals surface area (Å²) < 4.78 is 13.9. The summed E-state index contributed by atoms with van der Waals surface area (Å²) in [6.45, 7) is 0.627. The maximum Gasteiger partial charge on any atom is 0.316 e. The molecule has 2 N–H and O–H groups in total. The normalized spacial score (nSPS) is 10.6. The van der Waals surface area contributed by atoms with Crippen molar-refractivity contribution in [3.05, 3.63) is 56.4 Å². The number of hydrogen-bond acceptors (Lipinski definition) is 7. The topological polar surface area (TPSA) is 124 Å². The standard InChI is InChI=1S/C17H16BrIN6O4/c18-11-1-3-13(4-2-11)28-10-15(26)20-5-6-21-16(27)17-23-14(24-29-17)9-25-8-12(19)7-22-25/h1-4,7-8H,5-6,9-10H2,(H,20,26)(H,21,27). The number of nitrogens with zero attached hydrogens (tertiary/aromatic N) is 4. The SMILES string of the molecule is O=C(COc1ccc(Br)cc1)NCCNC(=O)c1nc(Cn2cc(I)cn2)no1. The second kappa shape index (κ2) is 10.3. The van der Waals surface area contributed by atoms with Gasteiger partial charge in [-0.3, -0.25) is 14.3 Å². The molecule has 0 saturated heterocycles. The Morgan fingerprint density at radius 2 is 1.97 bits per heavy atom. The number of ether oxygens (including phenoxy) is 1. The van der Waals surface area contributed by atoms with Gasteiger partial charge in [0, 0.05) is 23.8 Å². The number of halogens is 2. The van der Waals surface area contributed by atoms with Crippen LogP contribution in [0.4, 0.5) is 0 Å². The van der Waals surface area contributed by atoms with Gasteiger partial charge >= 0.3 is 11.8 Å². The van der Waals surface area contributed by atoms with Crippen molar-refractivity contribution in [2.45, 2.75) is 6.54 Å². The van der Waals surface area contributed by atoms with Crippen molar-refractivity contribution in [2.75, 3.05) is 19.7 Å². The minimum Gasteiger partial charge on any atom is -0.484 e. The van der Waals surface area contributed by atoms with Crippen LogP contribution in [0.15, 0.2) is 45.7 Å². The molecule has 152 valence electrons. The molecule has 0 spiro atoms. The van der Waals surface area contributed by atoms with Crippen molar-refractivity contribution in [1.82, 2.24) is 30.6 Å². The van der Waals surface area contributed by atoms with Gasteiger partial charge in [-0.2, -0.15) is 10.1 Å². The Hall–Kier alpha value is -2.48. The Labute approximate surface area is 187 Å². The minimum absolute atomic E-state index is 0.116. The number of rotatable bonds is 9. The number of amides is 2. The van der Waals surface area contributed by atoms with Gasteiger partial charge < -0.3 is 19.9 Å². The zero-order valence-electron chi connectivity index (χ0n) is 15.0. The smallest absolute Gasteiger partial charge is 0.316 e. The van der Waals surface area contributed by atoms with E-state index in [4.69, 9.17) is 9.26 Å². The van der Waals surface area contributed by atoms with Crippen molar-refractivity contribution in [3.63, 3.8) is 0 Å². The molecule has 0 bridgehead atoms. The van der Waals surface area contributed by atoms with Gasteiger partial charge in [-0.15, -0.1) is 0 Å². The quantitative estimate of drug-likeness (QED) is 0.294. The fourth-order valence-corrected chi connectivity index (χ4v) is 2.87. The Bertz CT molecular complexity index is 974. The molecular weight excluding hydrogens is 559 g/mol. The molecule has 12 heteroatoms. The van der Waals surface area contributed by atoms with Gasteiger partial charge in [0.15, 0.2) is 12.4 Å². The minimum atomic E-state index is -0.515. The van der Waals surface area contributed by atoms with Gasteiger partial charge in [0.1, 0.15) is 12.3 Å². The Morgan fingerprint density at radius 1 is 1.21 bits per heavy atom. The van der Waals surface area contributed by atoms with Crippen LogP contribution in [-0.2, 0) is 11.3 Å². The number of carbonyl (C=O) groups is 2. The molecule has 29 heavy (non-hydrogen) atoms. The second-order valence-corrected chi connectivity index (χ2v) is 7.88. The molecular formula is C17H16BrIN6O4. The number of carbonyl (C=O) groups excluding carboxylic acids is 2. The predicted molar refractivity (Wildman–Crippen MR) is 113 cm³/mol. The fraction of sp³-hybridized carbons (Fsp3) is 0.235. The van der Waals surface area contributed by atoms with Crippen molar-refractivity contribution < 1.29 is 18.8 Å². The van der Waals surface area contributed by atoms with Crippen LogP contribution < -0.4 is 15.4 Å². The van der Waals surface area contributed by atoms with E-state index in [9.17, 15) is 9.59 Å². The molecule has 0 unspecified atom stereocenters. The first-order chi connectivity index (χ1) is 14.0. The Kier molecular flexibility index (Phi) is 7.57. The summed E-state index contributed by atoms with van der Waals surface area (Å²) in [5, 5.41) is 13.1. The van der Waals surface area contributed by atoms with Gasteiger partial charge in [0.2, 0.25) is 0 Å². The van der Waals surface area contributed by atoms with Gasteiger partial charge in [-0.25, -0.2) is 0 Å². The van der Waals surface area contributed by atoms with Crippen LogP contribution in [0.5, 0.6) is 5.75 Å². The zero-order valence-corrected chi connectivity index (χ0v) is 18.7. The highest BCUT2D eigenvalue weighted by Crippen LogP contribution is 2.15. The third-order valence-corrected chi connectivity index (χ3v) is 4.57. The van der Waals surface area contributed by atoms with Gasteiger partial charge in [0.05, 0.1) is 9.77 Å². The highest BCUT2D eigenvalue weighted by molar-refractivity contribution is 14.1. The molecule has 0 aliphatic rings. The molecule has 0 atom stereocenters. The van der Waals surface area contributed by atoms with E-state index in [0.717, 1.165) is 8.04 Å². The summed E-state index contributed by atoms with van der Waals surface area (Å²) in [7, 11) is 0. The summed E-state index contributed by atoms with van der Waals surface area (Å²) >= 11 is 5.46. The van der Waals surface area contributed by atoms with E-state index in [0.29, 0.717) is 18.1 Å². The molecule has 3 aromatic rings. The summed E-state index contributed by atoms with van der Waals surface area (Å²) in [5.74, 6) is -0.0243. The van der Waals surface area contributed by atoms with Crippen molar-refractivity contribution >= 4 is 50.3 Å². The first-order valence-corrected chi connectivity index (χ1v) is 10.3. The largest absolute Gasteiger partial charge is 0.484 e. The van der Waals surface area contributed by atoms with E-state index in [1.54, 1.807) is 23.0 Å². The van der Waals surface area contributed by atoms with Crippen molar-refractivity contribution in [3.8, 4) is 5.75 Å². The average Bonchev–Trinajstić information content (AvgIpc) is 3.34. The zero-order chi connectivity index (χ0) is 20.6. The van der Waals surface area contributed by atoms with Crippen LogP contribution in [0.1, 0.15) is 16.5 Å². The highest BCUT2D eigenvalue weighted by Gasteiger charge is 2.15. The van der Waals surface area contributed by atoms with Gasteiger partial charge in [-0.1, -0.05) is 21.1 Å². The van der Waals surface area contributed by atoms with Crippen LogP contribution in [0.3, 0.4) is 0 Å². The fourth-order valence-electron chi connectivity index (χ4n) is 2.16. The summed E-state index contributed by atoms with van der Waals surface area (Å²) in [6, 6.07) is 7.15. The first-order valence-electron chi connectivity index (χ1n) is 8.43. The molecule has 2 aromatic heterocycles. The van der Waals surface area contributed by atoms with Crippen LogP contribution in [0.2, 0.25) is 0 Å². The van der Waals surface area contributed by atoms with Crippen LogP contribution in [0, 0.1) is 3.57 Å². The lowest BCUT2D eigenvalue weighted by Gasteiger charge is -2.07. The number of aromatic nitrogens is 4. The van der Waals surface area contributed by atoms with E-state index < -0.39 is 5.91 Å². The van der Waals surface area contributed by atoms with Crippen LogP contribution in [0.25, 0.3) is 0 Å². The Morgan fingerprint density at radius 3 is 2.69 bits per heavy atom. The molecule has 0 radical (unpaired) electrons. The molecule has 1 aromatic carbocycles. The molecule has 3 rings (SSSR count). The monoisotopic (exact) mass is 574 g/mol. The maximum atomic E-state index is 12.0. The molecule has 2 amide bonds. The third kappa shape index (κ3) is 6.81. The average molecular weight is 575 g/mol. The molecule has 0 fully saturated rings. The van der Waals surface area contributed by atoms with E-state index in [2.05, 4.69) is 64.4 Å². The van der Waals surface area contributed by atoms with E-state index in [1.807, 2.05) is 18.3 Å². The second-order valence-electron chi connectivity index (χ2n) is 5.72. The van der Waals surface area contributed by atoms with Crippen LogP contribution >= 0.6 is 38.5 Å². The first kappa shape index (κ1) is 21.2. The molecule has 0 aliphatic carbocycles. The maximum absolute atomic E-state index is 12.0. The van der Waals surface area contributed by atoms with Crippen molar-refractivity contribution in [1.29, 1.82) is 0 Å². The summed E-state index contributed by atoms with van der Waals surface area (Å²) in [5.41, 5.74) is 0. The number of nitrogens with one attached hydrogen (secondary N) is 2. The summed E-state index contributed by atoms with van der Waals surface area (Å²) in [4.78, 5) is 27.8. The highest BCUT2D eigenvalue weighted by atomic mass is 127.